The largest absolute Gasteiger partial charge is 0.328 e. The predicted molar refractivity (Wildman–Crippen MR) is 76.6 cm³/mol. The molecule has 0 saturated heterocycles. The Morgan fingerprint density at radius 3 is 2.72 bits per heavy atom. The summed E-state index contributed by atoms with van der Waals surface area (Å²) in [6, 6.07) is 7.85. The third kappa shape index (κ3) is 2.99. The summed E-state index contributed by atoms with van der Waals surface area (Å²) in [5.41, 5.74) is 14.0. The Labute approximate surface area is 112 Å². The predicted octanol–water partition coefficient (Wildman–Crippen LogP) is 3.02. The molecule has 0 amide bonds. The van der Waals surface area contributed by atoms with Crippen LogP contribution in [-0.4, -0.2) is 11.0 Å². The van der Waals surface area contributed by atoms with Crippen LogP contribution in [0.4, 0.5) is 0 Å². The first-order chi connectivity index (χ1) is 8.58. The second-order valence-corrected chi connectivity index (χ2v) is 5.16. The minimum Gasteiger partial charge on any atom is -0.328 e. The average Bonchev–Trinajstić information content (AvgIpc) is 2.34. The van der Waals surface area contributed by atoms with E-state index in [-0.39, 0.29) is 12.1 Å². The van der Waals surface area contributed by atoms with E-state index in [2.05, 4.69) is 4.98 Å². The topological polar surface area (TPSA) is 64.9 Å². The molecule has 4 N–H and O–H groups in total. The summed E-state index contributed by atoms with van der Waals surface area (Å²) < 4.78 is 0. The van der Waals surface area contributed by atoms with Gasteiger partial charge in [0.15, 0.2) is 0 Å². The maximum absolute atomic E-state index is 6.23. The number of aromatic nitrogens is 1. The van der Waals surface area contributed by atoms with Crippen molar-refractivity contribution in [3.63, 3.8) is 0 Å². The summed E-state index contributed by atoms with van der Waals surface area (Å²) in [6.45, 7) is 2.00. The van der Waals surface area contributed by atoms with Gasteiger partial charge in [0.05, 0.1) is 5.52 Å². The molecule has 2 atom stereocenters. The molecular formula is C14H18ClN3. The van der Waals surface area contributed by atoms with Crippen LogP contribution in [0.1, 0.15) is 31.4 Å². The van der Waals surface area contributed by atoms with Gasteiger partial charge in [0.25, 0.3) is 0 Å². The van der Waals surface area contributed by atoms with E-state index in [0.29, 0.717) is 5.02 Å². The van der Waals surface area contributed by atoms with Crippen LogP contribution in [0.25, 0.3) is 10.9 Å². The number of nitrogens with zero attached hydrogens (tertiary/aromatic N) is 1. The molecular weight excluding hydrogens is 246 g/mol. The van der Waals surface area contributed by atoms with Gasteiger partial charge < -0.3 is 11.5 Å². The minimum atomic E-state index is -0.0114. The van der Waals surface area contributed by atoms with Gasteiger partial charge in [0, 0.05) is 28.7 Å². The van der Waals surface area contributed by atoms with E-state index in [4.69, 9.17) is 23.1 Å². The molecule has 2 rings (SSSR count). The van der Waals surface area contributed by atoms with Gasteiger partial charge in [0.1, 0.15) is 0 Å². The summed E-state index contributed by atoms with van der Waals surface area (Å²) in [5.74, 6) is 0. The molecule has 0 spiro atoms. The number of pyridine rings is 1. The summed E-state index contributed by atoms with van der Waals surface area (Å²) in [7, 11) is 0. The Morgan fingerprint density at radius 1 is 1.22 bits per heavy atom. The number of hydrogen-bond acceptors (Lipinski definition) is 3. The molecule has 0 aliphatic carbocycles. The maximum Gasteiger partial charge on any atom is 0.0720 e. The molecule has 2 aromatic rings. The Kier molecular flexibility index (Phi) is 4.17. The second kappa shape index (κ2) is 5.65. The second-order valence-electron chi connectivity index (χ2n) is 4.72. The van der Waals surface area contributed by atoms with E-state index in [9.17, 15) is 0 Å². The van der Waals surface area contributed by atoms with Gasteiger partial charge >= 0.3 is 0 Å². The first kappa shape index (κ1) is 13.3. The van der Waals surface area contributed by atoms with E-state index in [0.717, 1.165) is 29.3 Å². The number of halogens is 1. The average molecular weight is 264 g/mol. The summed E-state index contributed by atoms with van der Waals surface area (Å²) >= 11 is 5.97. The van der Waals surface area contributed by atoms with Crippen molar-refractivity contribution in [2.24, 2.45) is 11.5 Å². The fourth-order valence-corrected chi connectivity index (χ4v) is 2.23. The zero-order valence-electron chi connectivity index (χ0n) is 10.4. The van der Waals surface area contributed by atoms with Crippen LogP contribution < -0.4 is 11.5 Å². The summed E-state index contributed by atoms with van der Waals surface area (Å²) in [4.78, 5) is 4.32. The smallest absolute Gasteiger partial charge is 0.0720 e. The highest BCUT2D eigenvalue weighted by atomic mass is 35.5. The normalized spacial score (nSPS) is 14.7. The molecule has 1 heterocycles. The summed E-state index contributed by atoms with van der Waals surface area (Å²) in [5, 5.41) is 1.76. The van der Waals surface area contributed by atoms with Gasteiger partial charge in [-0.3, -0.25) is 4.98 Å². The van der Waals surface area contributed by atoms with Crippen molar-refractivity contribution in [2.75, 3.05) is 0 Å². The van der Waals surface area contributed by atoms with Crippen molar-refractivity contribution >= 4 is 22.5 Å². The van der Waals surface area contributed by atoms with E-state index in [1.165, 1.54) is 0 Å². The van der Waals surface area contributed by atoms with Crippen molar-refractivity contribution < 1.29 is 0 Å². The maximum atomic E-state index is 6.23. The standard InChI is InChI=1S/C14H18ClN3/c1-9(16)2-5-13(17)11-6-7-18-14-8-10(15)3-4-12(11)14/h3-4,6-9,13H,2,5,16-17H2,1H3. The van der Waals surface area contributed by atoms with E-state index < -0.39 is 0 Å². The number of benzene rings is 1. The van der Waals surface area contributed by atoms with E-state index in [1.54, 1.807) is 6.20 Å². The fourth-order valence-electron chi connectivity index (χ4n) is 2.06. The first-order valence-electron chi connectivity index (χ1n) is 6.13. The lowest BCUT2D eigenvalue weighted by molar-refractivity contribution is 0.557. The molecule has 0 aliphatic heterocycles. The molecule has 18 heavy (non-hydrogen) atoms. The molecule has 1 aromatic heterocycles. The lowest BCUT2D eigenvalue weighted by atomic mass is 9.98. The van der Waals surface area contributed by atoms with Crippen LogP contribution in [0.5, 0.6) is 0 Å². The lowest BCUT2D eigenvalue weighted by Gasteiger charge is -2.15. The molecule has 96 valence electrons. The lowest BCUT2D eigenvalue weighted by Crippen LogP contribution is -2.19. The highest BCUT2D eigenvalue weighted by Gasteiger charge is 2.11. The van der Waals surface area contributed by atoms with Crippen LogP contribution >= 0.6 is 11.6 Å². The molecule has 0 saturated carbocycles. The van der Waals surface area contributed by atoms with Crippen LogP contribution in [-0.2, 0) is 0 Å². The number of nitrogens with two attached hydrogens (primary N) is 2. The molecule has 4 heteroatoms. The van der Waals surface area contributed by atoms with E-state index >= 15 is 0 Å². The number of rotatable bonds is 4. The Morgan fingerprint density at radius 2 is 2.00 bits per heavy atom. The van der Waals surface area contributed by atoms with Crippen molar-refractivity contribution in [3.05, 3.63) is 41.0 Å². The Bertz CT molecular complexity index is 540. The highest BCUT2D eigenvalue weighted by molar-refractivity contribution is 6.31. The molecule has 0 radical (unpaired) electrons. The minimum absolute atomic E-state index is 0.0114. The molecule has 0 fully saturated rings. The van der Waals surface area contributed by atoms with Crippen molar-refractivity contribution in [1.29, 1.82) is 0 Å². The van der Waals surface area contributed by atoms with Gasteiger partial charge in [-0.1, -0.05) is 17.7 Å². The van der Waals surface area contributed by atoms with Crippen LogP contribution in [0.2, 0.25) is 5.02 Å². The van der Waals surface area contributed by atoms with Gasteiger partial charge in [-0.25, -0.2) is 0 Å². The van der Waals surface area contributed by atoms with Crippen molar-refractivity contribution in [3.8, 4) is 0 Å². The Balaban J connectivity index is 2.32. The Hall–Kier alpha value is -1.16. The van der Waals surface area contributed by atoms with Gasteiger partial charge in [0.2, 0.25) is 0 Å². The van der Waals surface area contributed by atoms with Crippen LogP contribution in [0, 0.1) is 0 Å². The van der Waals surface area contributed by atoms with Crippen LogP contribution in [0.3, 0.4) is 0 Å². The van der Waals surface area contributed by atoms with Crippen LogP contribution in [0.15, 0.2) is 30.5 Å². The van der Waals surface area contributed by atoms with Crippen molar-refractivity contribution in [2.45, 2.75) is 31.8 Å². The molecule has 3 nitrogen and oxygen atoms in total. The quantitative estimate of drug-likeness (QED) is 0.891. The van der Waals surface area contributed by atoms with Gasteiger partial charge in [-0.05, 0) is 43.5 Å². The number of fused-ring (bicyclic) bond motifs is 1. The van der Waals surface area contributed by atoms with Gasteiger partial charge in [-0.15, -0.1) is 0 Å². The third-order valence-electron chi connectivity index (χ3n) is 3.07. The number of hydrogen-bond donors (Lipinski definition) is 2. The molecule has 1 aromatic carbocycles. The molecule has 0 aliphatic rings. The summed E-state index contributed by atoms with van der Waals surface area (Å²) in [6.07, 6.45) is 3.57. The molecule has 0 bridgehead atoms. The van der Waals surface area contributed by atoms with E-state index in [1.807, 2.05) is 31.2 Å². The third-order valence-corrected chi connectivity index (χ3v) is 3.31. The van der Waals surface area contributed by atoms with Gasteiger partial charge in [-0.2, -0.15) is 0 Å². The highest BCUT2D eigenvalue weighted by Crippen LogP contribution is 2.26. The zero-order chi connectivity index (χ0) is 13.1. The fraction of sp³-hybridized carbons (Fsp3) is 0.357. The SMILES string of the molecule is CC(N)CCC(N)c1ccnc2cc(Cl)ccc12. The zero-order valence-corrected chi connectivity index (χ0v) is 11.2. The van der Waals surface area contributed by atoms with Crippen molar-refractivity contribution in [1.82, 2.24) is 4.98 Å². The first-order valence-corrected chi connectivity index (χ1v) is 6.51. The molecule has 2 unspecified atom stereocenters. The monoisotopic (exact) mass is 263 g/mol.